The smallest absolute Gasteiger partial charge is 0.232 e. The molecular formula is C31H52N4OS2. The second-order valence-electron chi connectivity index (χ2n) is 11.2. The summed E-state index contributed by atoms with van der Waals surface area (Å²) in [5.41, 5.74) is 3.14. The van der Waals surface area contributed by atoms with Gasteiger partial charge in [-0.05, 0) is 41.9 Å². The molecule has 7 heteroatoms. The van der Waals surface area contributed by atoms with Crippen LogP contribution in [0, 0.1) is 0 Å². The Morgan fingerprint density at radius 1 is 0.711 bits per heavy atom. The Balaban J connectivity index is 2.15. The van der Waals surface area contributed by atoms with Gasteiger partial charge in [-0.3, -0.25) is 0 Å². The molecule has 1 aromatic carbocycles. The first-order valence-corrected chi connectivity index (χ1v) is 16.9. The van der Waals surface area contributed by atoms with Crippen LogP contribution in [0.25, 0.3) is 0 Å². The molecular weight excluding hydrogens is 509 g/mol. The summed E-state index contributed by atoms with van der Waals surface area (Å²) < 4.78 is 0. The summed E-state index contributed by atoms with van der Waals surface area (Å²) in [6.07, 6.45) is 16.3. The van der Waals surface area contributed by atoms with Crippen LogP contribution >= 0.6 is 23.5 Å². The highest BCUT2D eigenvalue weighted by Gasteiger charge is 2.21. The third-order valence-electron chi connectivity index (χ3n) is 6.70. The first-order valence-electron chi connectivity index (χ1n) is 14.9. The number of benzene rings is 1. The fourth-order valence-electron chi connectivity index (χ4n) is 4.55. The van der Waals surface area contributed by atoms with Crippen LogP contribution in [0.3, 0.4) is 0 Å². The quantitative estimate of drug-likeness (QED) is 0.131. The van der Waals surface area contributed by atoms with Crippen molar-refractivity contribution in [2.45, 2.75) is 141 Å². The van der Waals surface area contributed by atoms with Gasteiger partial charge in [0.2, 0.25) is 5.95 Å². The number of anilines is 2. The van der Waals surface area contributed by atoms with Crippen molar-refractivity contribution in [1.29, 1.82) is 0 Å². The van der Waals surface area contributed by atoms with E-state index in [0.717, 1.165) is 39.5 Å². The van der Waals surface area contributed by atoms with E-state index in [1.165, 1.54) is 82.6 Å². The summed E-state index contributed by atoms with van der Waals surface area (Å²) in [6.45, 7) is 13.2. The number of thioether (sulfide) groups is 2. The molecule has 2 rings (SSSR count). The van der Waals surface area contributed by atoms with E-state index >= 15 is 0 Å². The summed E-state index contributed by atoms with van der Waals surface area (Å²) in [4.78, 5) is 14.4. The second kappa shape index (κ2) is 18.0. The highest BCUT2D eigenvalue weighted by atomic mass is 32.2. The van der Waals surface area contributed by atoms with Crippen molar-refractivity contribution in [3.63, 3.8) is 0 Å². The zero-order valence-electron chi connectivity index (χ0n) is 24.9. The minimum absolute atomic E-state index is 0.0735. The maximum atomic E-state index is 10.5. The summed E-state index contributed by atoms with van der Waals surface area (Å²) in [5.74, 6) is 2.88. The summed E-state index contributed by atoms with van der Waals surface area (Å²) in [7, 11) is 0. The fraction of sp³-hybridized carbons (Fsp3) is 0.710. The average molecular weight is 561 g/mol. The predicted octanol–water partition coefficient (Wildman–Crippen LogP) is 10.1. The molecule has 38 heavy (non-hydrogen) atoms. The SMILES string of the molecule is CCCCCCCCSc1nc(Nc2cc(O)cc(C(C)(C)C)c2CC)nc(SCCCCCCCC)n1. The van der Waals surface area contributed by atoms with Gasteiger partial charge in [0, 0.05) is 23.3 Å². The monoisotopic (exact) mass is 560 g/mol. The van der Waals surface area contributed by atoms with Crippen molar-refractivity contribution in [3.8, 4) is 5.75 Å². The highest BCUT2D eigenvalue weighted by molar-refractivity contribution is 7.99. The molecule has 0 aliphatic rings. The molecule has 0 amide bonds. The number of phenols is 1. The van der Waals surface area contributed by atoms with E-state index in [-0.39, 0.29) is 11.2 Å². The molecule has 0 unspecified atom stereocenters. The van der Waals surface area contributed by atoms with Crippen LogP contribution in [0.1, 0.15) is 130 Å². The van der Waals surface area contributed by atoms with Gasteiger partial charge in [0.1, 0.15) is 5.75 Å². The van der Waals surface area contributed by atoms with Gasteiger partial charge in [0.15, 0.2) is 10.3 Å². The molecule has 5 nitrogen and oxygen atoms in total. The Labute approximate surface area is 241 Å². The number of nitrogens with zero attached hydrogens (tertiary/aromatic N) is 3. The number of hydrogen-bond acceptors (Lipinski definition) is 7. The normalized spacial score (nSPS) is 11.7. The maximum Gasteiger partial charge on any atom is 0.232 e. The number of aromatic nitrogens is 3. The molecule has 1 heterocycles. The first-order chi connectivity index (χ1) is 18.3. The molecule has 0 aliphatic carbocycles. The summed E-state index contributed by atoms with van der Waals surface area (Å²) >= 11 is 3.46. The highest BCUT2D eigenvalue weighted by Crippen LogP contribution is 2.36. The maximum absolute atomic E-state index is 10.5. The Kier molecular flexibility index (Phi) is 15.5. The molecule has 0 spiro atoms. The van der Waals surface area contributed by atoms with Crippen LogP contribution in [-0.2, 0) is 11.8 Å². The molecule has 0 radical (unpaired) electrons. The number of unbranched alkanes of at least 4 members (excludes halogenated alkanes) is 10. The lowest BCUT2D eigenvalue weighted by atomic mass is 9.82. The molecule has 0 atom stereocenters. The Bertz CT molecular complexity index is 910. The van der Waals surface area contributed by atoms with E-state index in [1.807, 2.05) is 6.07 Å². The first kappa shape index (κ1) is 32.7. The van der Waals surface area contributed by atoms with Crippen LogP contribution in [0.5, 0.6) is 5.75 Å². The van der Waals surface area contributed by atoms with Gasteiger partial charge in [0.05, 0.1) is 0 Å². The Morgan fingerprint density at radius 3 is 1.68 bits per heavy atom. The molecule has 0 saturated carbocycles. The molecule has 0 fully saturated rings. The van der Waals surface area contributed by atoms with Gasteiger partial charge in [-0.15, -0.1) is 0 Å². The Hall–Kier alpha value is -1.47. The minimum Gasteiger partial charge on any atom is -0.508 e. The summed E-state index contributed by atoms with van der Waals surface area (Å²) in [5, 5.41) is 15.5. The van der Waals surface area contributed by atoms with Crippen molar-refractivity contribution in [1.82, 2.24) is 15.0 Å². The third-order valence-corrected chi connectivity index (χ3v) is 8.56. The van der Waals surface area contributed by atoms with E-state index in [1.54, 1.807) is 29.6 Å². The zero-order chi connectivity index (χ0) is 27.8. The fourth-order valence-corrected chi connectivity index (χ4v) is 6.28. The third kappa shape index (κ3) is 12.1. The molecule has 0 bridgehead atoms. The van der Waals surface area contributed by atoms with E-state index < -0.39 is 0 Å². The van der Waals surface area contributed by atoms with E-state index in [2.05, 4.69) is 46.9 Å². The van der Waals surface area contributed by atoms with Crippen LogP contribution < -0.4 is 5.32 Å². The van der Waals surface area contributed by atoms with Crippen molar-refractivity contribution in [2.75, 3.05) is 16.8 Å². The largest absolute Gasteiger partial charge is 0.508 e. The van der Waals surface area contributed by atoms with Gasteiger partial charge in [-0.1, -0.05) is 129 Å². The molecule has 1 aromatic heterocycles. The number of phenolic OH excluding ortho intramolecular Hbond substituents is 1. The predicted molar refractivity (Wildman–Crippen MR) is 167 cm³/mol. The molecule has 214 valence electrons. The lowest BCUT2D eigenvalue weighted by molar-refractivity contribution is 0.470. The summed E-state index contributed by atoms with van der Waals surface area (Å²) in [6, 6.07) is 3.69. The van der Waals surface area contributed by atoms with Gasteiger partial charge < -0.3 is 10.4 Å². The topological polar surface area (TPSA) is 70.9 Å². The standard InChI is InChI=1S/C31H52N4OS2/c1-7-10-12-14-16-18-20-37-29-33-28(34-30(35-29)38-21-19-17-15-13-11-8-2)32-27-23-24(36)22-26(25(27)9-3)31(4,5)6/h22-23,36H,7-21H2,1-6H3,(H,32,33,34,35). The van der Waals surface area contributed by atoms with Gasteiger partial charge >= 0.3 is 0 Å². The number of rotatable bonds is 19. The molecule has 0 aliphatic heterocycles. The number of hydrogen-bond donors (Lipinski definition) is 2. The molecule has 2 N–H and O–H groups in total. The van der Waals surface area contributed by atoms with Crippen molar-refractivity contribution in [2.24, 2.45) is 0 Å². The Morgan fingerprint density at radius 2 is 1.21 bits per heavy atom. The van der Waals surface area contributed by atoms with Crippen LogP contribution in [0.2, 0.25) is 0 Å². The van der Waals surface area contributed by atoms with Gasteiger partial charge in [-0.25, -0.2) is 0 Å². The lowest BCUT2D eigenvalue weighted by Gasteiger charge is -2.25. The van der Waals surface area contributed by atoms with E-state index in [4.69, 9.17) is 15.0 Å². The molecule has 2 aromatic rings. The molecule has 0 saturated heterocycles. The van der Waals surface area contributed by atoms with Crippen LogP contribution in [0.15, 0.2) is 22.4 Å². The van der Waals surface area contributed by atoms with Crippen molar-refractivity contribution in [3.05, 3.63) is 23.3 Å². The minimum atomic E-state index is -0.0735. The van der Waals surface area contributed by atoms with Crippen LogP contribution in [0.4, 0.5) is 11.6 Å². The zero-order valence-corrected chi connectivity index (χ0v) is 26.5. The number of nitrogens with one attached hydrogen (secondary N) is 1. The van der Waals surface area contributed by atoms with Gasteiger partial charge in [0.25, 0.3) is 0 Å². The van der Waals surface area contributed by atoms with Crippen LogP contribution in [-0.4, -0.2) is 31.6 Å². The number of aromatic hydroxyl groups is 1. The average Bonchev–Trinajstić information content (AvgIpc) is 2.87. The van der Waals surface area contributed by atoms with E-state index in [9.17, 15) is 5.11 Å². The van der Waals surface area contributed by atoms with Crippen molar-refractivity contribution >= 4 is 35.2 Å². The lowest BCUT2D eigenvalue weighted by Crippen LogP contribution is -2.15. The van der Waals surface area contributed by atoms with E-state index in [0.29, 0.717) is 5.95 Å². The second-order valence-corrected chi connectivity index (χ2v) is 13.3. The van der Waals surface area contributed by atoms with Gasteiger partial charge in [-0.2, -0.15) is 15.0 Å². The van der Waals surface area contributed by atoms with Crippen molar-refractivity contribution < 1.29 is 5.11 Å².